The van der Waals surface area contributed by atoms with Crippen molar-refractivity contribution in [1.29, 1.82) is 0 Å². The van der Waals surface area contributed by atoms with Gasteiger partial charge in [-0.1, -0.05) is 6.08 Å². The molecule has 0 heterocycles. The zero-order valence-corrected chi connectivity index (χ0v) is 5.67. The summed E-state index contributed by atoms with van der Waals surface area (Å²) in [4.78, 5) is 0. The average molecular weight is 130 g/mol. The third-order valence-corrected chi connectivity index (χ3v) is 0.838. The molecule has 0 saturated carbocycles. The Balaban J connectivity index is 2.91. The van der Waals surface area contributed by atoms with Gasteiger partial charge in [0.1, 0.15) is 0 Å². The number of aliphatic hydroxyl groups is 1. The van der Waals surface area contributed by atoms with Gasteiger partial charge >= 0.3 is 0 Å². The number of nitrogens with two attached hydrogens (primary N) is 1. The van der Waals surface area contributed by atoms with Crippen LogP contribution in [0.25, 0.3) is 0 Å². The molecule has 0 aliphatic rings. The minimum absolute atomic E-state index is 0.281. The molecule has 9 heavy (non-hydrogen) atoms. The minimum atomic E-state index is -0.281. The molecule has 54 valence electrons. The van der Waals surface area contributed by atoms with E-state index in [-0.39, 0.29) is 6.10 Å². The molecular weight excluding hydrogens is 116 g/mol. The monoisotopic (exact) mass is 130 g/mol. The van der Waals surface area contributed by atoms with Crippen LogP contribution in [0, 0.1) is 0 Å². The summed E-state index contributed by atoms with van der Waals surface area (Å²) in [5, 5.41) is 11.7. The first kappa shape index (κ1) is 8.46. The van der Waals surface area contributed by atoms with Crippen molar-refractivity contribution < 1.29 is 5.11 Å². The molecule has 0 aromatic carbocycles. The molecule has 0 radical (unpaired) electrons. The maximum atomic E-state index is 8.73. The van der Waals surface area contributed by atoms with Crippen molar-refractivity contribution in [2.24, 2.45) is 5.73 Å². The second-order valence-corrected chi connectivity index (χ2v) is 1.94. The van der Waals surface area contributed by atoms with Gasteiger partial charge in [0, 0.05) is 13.1 Å². The number of rotatable bonds is 4. The van der Waals surface area contributed by atoms with Crippen molar-refractivity contribution in [3.8, 4) is 0 Å². The van der Waals surface area contributed by atoms with Crippen LogP contribution < -0.4 is 11.1 Å². The lowest BCUT2D eigenvalue weighted by Gasteiger charge is -2.02. The summed E-state index contributed by atoms with van der Waals surface area (Å²) in [7, 11) is 0. The Labute approximate surface area is 55.6 Å². The maximum absolute atomic E-state index is 8.73. The predicted octanol–water partition coefficient (Wildman–Crippen LogP) is -0.571. The van der Waals surface area contributed by atoms with Crippen LogP contribution in [0.1, 0.15) is 6.92 Å². The SMILES string of the molecule is CC(O)CNCC=CN. The van der Waals surface area contributed by atoms with Crippen LogP contribution in [0.3, 0.4) is 0 Å². The van der Waals surface area contributed by atoms with Gasteiger partial charge in [-0.05, 0) is 13.1 Å². The molecule has 0 aromatic heterocycles. The molecule has 0 aromatic rings. The Morgan fingerprint density at radius 1 is 1.78 bits per heavy atom. The fourth-order valence-corrected chi connectivity index (χ4v) is 0.444. The standard InChI is InChI=1S/C6H14N2O/c1-6(9)5-8-4-2-3-7/h2-3,6,8-9H,4-5,7H2,1H3. The Morgan fingerprint density at radius 2 is 2.44 bits per heavy atom. The molecular formula is C6H14N2O. The Kier molecular flexibility index (Phi) is 5.26. The lowest BCUT2D eigenvalue weighted by atomic mass is 10.4. The van der Waals surface area contributed by atoms with Gasteiger partial charge in [-0.2, -0.15) is 0 Å². The van der Waals surface area contributed by atoms with Crippen LogP contribution in [0.2, 0.25) is 0 Å². The van der Waals surface area contributed by atoms with Gasteiger partial charge in [0.25, 0.3) is 0 Å². The largest absolute Gasteiger partial charge is 0.405 e. The molecule has 3 nitrogen and oxygen atoms in total. The number of aliphatic hydroxyl groups excluding tert-OH is 1. The van der Waals surface area contributed by atoms with Crippen LogP contribution in [0.4, 0.5) is 0 Å². The smallest absolute Gasteiger partial charge is 0.0636 e. The van der Waals surface area contributed by atoms with Crippen LogP contribution in [0.15, 0.2) is 12.3 Å². The topological polar surface area (TPSA) is 58.3 Å². The molecule has 0 bridgehead atoms. The average Bonchev–Trinajstić information content (AvgIpc) is 1.80. The lowest BCUT2D eigenvalue weighted by molar-refractivity contribution is 0.193. The second-order valence-electron chi connectivity index (χ2n) is 1.94. The van der Waals surface area contributed by atoms with Crippen molar-refractivity contribution in [2.75, 3.05) is 13.1 Å². The summed E-state index contributed by atoms with van der Waals surface area (Å²) in [5.74, 6) is 0. The van der Waals surface area contributed by atoms with Crippen LogP contribution in [-0.4, -0.2) is 24.3 Å². The van der Waals surface area contributed by atoms with Gasteiger partial charge in [0.15, 0.2) is 0 Å². The normalized spacial score (nSPS) is 14.4. The number of hydrogen-bond donors (Lipinski definition) is 3. The zero-order chi connectivity index (χ0) is 7.11. The van der Waals surface area contributed by atoms with Gasteiger partial charge in [-0.25, -0.2) is 0 Å². The first-order valence-corrected chi connectivity index (χ1v) is 3.03. The Hall–Kier alpha value is -0.540. The van der Waals surface area contributed by atoms with E-state index in [1.54, 1.807) is 13.0 Å². The maximum Gasteiger partial charge on any atom is 0.0636 e. The van der Waals surface area contributed by atoms with Gasteiger partial charge in [0.05, 0.1) is 6.10 Å². The van der Waals surface area contributed by atoms with Gasteiger partial charge < -0.3 is 16.2 Å². The summed E-state index contributed by atoms with van der Waals surface area (Å²) < 4.78 is 0. The highest BCUT2D eigenvalue weighted by molar-refractivity contribution is 4.78. The lowest BCUT2D eigenvalue weighted by Crippen LogP contribution is -2.24. The van der Waals surface area contributed by atoms with Crippen molar-refractivity contribution >= 4 is 0 Å². The summed E-state index contributed by atoms with van der Waals surface area (Å²) in [6.45, 7) is 3.07. The van der Waals surface area contributed by atoms with E-state index in [1.807, 2.05) is 0 Å². The molecule has 1 atom stereocenters. The van der Waals surface area contributed by atoms with E-state index in [4.69, 9.17) is 10.8 Å². The van der Waals surface area contributed by atoms with Crippen LogP contribution in [-0.2, 0) is 0 Å². The van der Waals surface area contributed by atoms with E-state index in [0.717, 1.165) is 6.54 Å². The quantitative estimate of drug-likeness (QED) is 0.447. The van der Waals surface area contributed by atoms with E-state index in [2.05, 4.69) is 5.32 Å². The summed E-state index contributed by atoms with van der Waals surface area (Å²) >= 11 is 0. The van der Waals surface area contributed by atoms with Gasteiger partial charge in [-0.3, -0.25) is 0 Å². The van der Waals surface area contributed by atoms with Gasteiger partial charge in [-0.15, -0.1) is 0 Å². The van der Waals surface area contributed by atoms with Crippen LogP contribution in [0.5, 0.6) is 0 Å². The number of nitrogens with one attached hydrogen (secondary N) is 1. The summed E-state index contributed by atoms with van der Waals surface area (Å²) in [5.41, 5.74) is 5.06. The summed E-state index contributed by atoms with van der Waals surface area (Å²) in [6, 6.07) is 0. The molecule has 0 saturated heterocycles. The van der Waals surface area contributed by atoms with E-state index >= 15 is 0 Å². The zero-order valence-electron chi connectivity index (χ0n) is 5.67. The predicted molar refractivity (Wildman–Crippen MR) is 37.9 cm³/mol. The summed E-state index contributed by atoms with van der Waals surface area (Å²) in [6.07, 6.45) is 2.99. The van der Waals surface area contributed by atoms with E-state index in [0.29, 0.717) is 6.54 Å². The third-order valence-electron chi connectivity index (χ3n) is 0.838. The van der Waals surface area contributed by atoms with Crippen molar-refractivity contribution in [2.45, 2.75) is 13.0 Å². The van der Waals surface area contributed by atoms with Gasteiger partial charge in [0.2, 0.25) is 0 Å². The fraction of sp³-hybridized carbons (Fsp3) is 0.667. The highest BCUT2D eigenvalue weighted by Gasteiger charge is 1.89. The van der Waals surface area contributed by atoms with Crippen molar-refractivity contribution in [3.05, 3.63) is 12.3 Å². The molecule has 4 N–H and O–H groups in total. The first-order valence-electron chi connectivity index (χ1n) is 3.03. The molecule has 0 aliphatic heterocycles. The molecule has 0 aliphatic carbocycles. The molecule has 0 amide bonds. The third kappa shape index (κ3) is 7.46. The second kappa shape index (κ2) is 5.59. The molecule has 3 heteroatoms. The van der Waals surface area contributed by atoms with E-state index in [9.17, 15) is 0 Å². The first-order chi connectivity index (χ1) is 4.27. The number of hydrogen-bond acceptors (Lipinski definition) is 3. The van der Waals surface area contributed by atoms with Crippen molar-refractivity contribution in [1.82, 2.24) is 5.32 Å². The van der Waals surface area contributed by atoms with Crippen LogP contribution >= 0.6 is 0 Å². The highest BCUT2D eigenvalue weighted by atomic mass is 16.3. The fourth-order valence-electron chi connectivity index (χ4n) is 0.444. The molecule has 1 unspecified atom stereocenters. The Bertz CT molecular complexity index is 81.1. The van der Waals surface area contributed by atoms with E-state index < -0.39 is 0 Å². The molecule has 0 spiro atoms. The Morgan fingerprint density at radius 3 is 2.89 bits per heavy atom. The molecule has 0 rings (SSSR count). The highest BCUT2D eigenvalue weighted by Crippen LogP contribution is 1.73. The minimum Gasteiger partial charge on any atom is -0.405 e. The van der Waals surface area contributed by atoms with Crippen molar-refractivity contribution in [3.63, 3.8) is 0 Å². The van der Waals surface area contributed by atoms with E-state index in [1.165, 1.54) is 6.20 Å². The molecule has 0 fully saturated rings.